The molecule has 6 aromatic carbocycles. The number of fused-ring (bicyclic) bond motifs is 3. The van der Waals surface area contributed by atoms with Gasteiger partial charge in [-0.1, -0.05) is 84.9 Å². The van der Waals surface area contributed by atoms with Crippen LogP contribution in [0.15, 0.2) is 127 Å². The van der Waals surface area contributed by atoms with E-state index in [0.29, 0.717) is 33.5 Å². The van der Waals surface area contributed by atoms with Crippen LogP contribution >= 0.6 is 0 Å². The predicted molar refractivity (Wildman–Crippen MR) is 177 cm³/mol. The lowest BCUT2D eigenvalue weighted by Gasteiger charge is -2.14. The van der Waals surface area contributed by atoms with Crippen molar-refractivity contribution in [1.29, 1.82) is 15.8 Å². The maximum Gasteiger partial charge on any atom is 0.196 e. The quantitative estimate of drug-likeness (QED) is 0.197. The fourth-order valence-electron chi connectivity index (χ4n) is 6.19. The minimum Gasteiger partial charge on any atom is -0.309 e. The molecule has 1 heterocycles. The molecule has 0 aliphatic rings. The van der Waals surface area contributed by atoms with Gasteiger partial charge in [-0.05, 0) is 59.2 Å². The summed E-state index contributed by atoms with van der Waals surface area (Å²) in [5, 5.41) is 31.9. The molecule has 0 bridgehead atoms. The molecule has 5 nitrogen and oxygen atoms in total. The molecule has 0 aliphatic heterocycles. The highest BCUT2D eigenvalue weighted by Crippen LogP contribution is 2.43. The van der Waals surface area contributed by atoms with E-state index in [4.69, 9.17) is 6.57 Å². The molecule has 0 unspecified atom stereocenters. The van der Waals surface area contributed by atoms with Crippen LogP contribution in [0.25, 0.3) is 65.7 Å². The van der Waals surface area contributed by atoms with E-state index in [0.717, 1.165) is 49.7 Å². The van der Waals surface area contributed by atoms with Gasteiger partial charge in [0.25, 0.3) is 0 Å². The second kappa shape index (κ2) is 11.1. The second-order valence-electron chi connectivity index (χ2n) is 10.6. The summed E-state index contributed by atoms with van der Waals surface area (Å²) in [6, 6.07) is 47.7. The van der Waals surface area contributed by atoms with Gasteiger partial charge in [0.05, 0.1) is 46.9 Å². The Labute approximate surface area is 260 Å². The van der Waals surface area contributed by atoms with E-state index in [1.807, 2.05) is 54.6 Å². The van der Waals surface area contributed by atoms with Gasteiger partial charge in [-0.2, -0.15) is 15.8 Å². The molecule has 0 atom stereocenters. The number of hydrogen-bond acceptors (Lipinski definition) is 3. The lowest BCUT2D eigenvalue weighted by Crippen LogP contribution is -1.98. The summed E-state index contributed by atoms with van der Waals surface area (Å²) in [5.41, 5.74) is 9.31. The number of nitriles is 3. The van der Waals surface area contributed by atoms with Crippen molar-refractivity contribution in [2.45, 2.75) is 0 Å². The first-order valence-electron chi connectivity index (χ1n) is 14.2. The van der Waals surface area contributed by atoms with Gasteiger partial charge in [-0.3, -0.25) is 0 Å². The van der Waals surface area contributed by atoms with Crippen molar-refractivity contribution in [3.63, 3.8) is 0 Å². The van der Waals surface area contributed by atoms with Crippen molar-refractivity contribution < 1.29 is 0 Å². The smallest absolute Gasteiger partial charge is 0.196 e. The molecule has 7 aromatic rings. The fourth-order valence-corrected chi connectivity index (χ4v) is 6.19. The van der Waals surface area contributed by atoms with Crippen LogP contribution < -0.4 is 0 Å². The third-order valence-corrected chi connectivity index (χ3v) is 8.17. The molecular weight excluding hydrogens is 550 g/mol. The molecule has 0 amide bonds. The Balaban J connectivity index is 1.58. The molecule has 0 N–H and O–H groups in total. The van der Waals surface area contributed by atoms with Gasteiger partial charge in [0.15, 0.2) is 5.69 Å². The highest BCUT2D eigenvalue weighted by molar-refractivity contribution is 6.15. The maximum absolute atomic E-state index is 10.1. The van der Waals surface area contributed by atoms with Crippen molar-refractivity contribution in [3.8, 4) is 57.3 Å². The zero-order chi connectivity index (χ0) is 30.9. The summed E-state index contributed by atoms with van der Waals surface area (Å²) < 4.78 is 2.17. The third kappa shape index (κ3) is 4.38. The van der Waals surface area contributed by atoms with E-state index in [1.54, 1.807) is 36.4 Å². The Morgan fingerprint density at radius 3 is 1.80 bits per heavy atom. The Morgan fingerprint density at radius 2 is 1.13 bits per heavy atom. The molecule has 0 saturated heterocycles. The fraction of sp³-hybridized carbons (Fsp3) is 0. The van der Waals surface area contributed by atoms with Crippen LogP contribution in [0.1, 0.15) is 16.7 Å². The molecule has 206 valence electrons. The lowest BCUT2D eigenvalue weighted by molar-refractivity contribution is 1.18. The van der Waals surface area contributed by atoms with E-state index < -0.39 is 0 Å². The topological polar surface area (TPSA) is 80.7 Å². The highest BCUT2D eigenvalue weighted by atomic mass is 15.0. The van der Waals surface area contributed by atoms with Crippen LogP contribution in [0.2, 0.25) is 0 Å². The van der Waals surface area contributed by atoms with Crippen molar-refractivity contribution >= 4 is 27.5 Å². The summed E-state index contributed by atoms with van der Waals surface area (Å²) in [6.07, 6.45) is 0. The van der Waals surface area contributed by atoms with Crippen LogP contribution in [0.4, 0.5) is 5.69 Å². The molecule has 0 spiro atoms. The maximum atomic E-state index is 10.1. The summed E-state index contributed by atoms with van der Waals surface area (Å²) in [4.78, 5) is 3.71. The SMILES string of the molecule is [C-]#[N+]c1cccc(C#N)c1-c1ccc2c(c1)c1cccc(-c3c(C#N)cccc3C#N)c1n2-c1ccc(-c2ccccc2)cc1. The number of benzene rings is 6. The Bertz CT molecular complexity index is 2390. The highest BCUT2D eigenvalue weighted by Gasteiger charge is 2.21. The molecule has 0 fully saturated rings. The van der Waals surface area contributed by atoms with Gasteiger partial charge in [-0.25, -0.2) is 4.85 Å². The zero-order valence-electron chi connectivity index (χ0n) is 23.9. The lowest BCUT2D eigenvalue weighted by atomic mass is 9.93. The first-order valence-corrected chi connectivity index (χ1v) is 14.2. The summed E-state index contributed by atoms with van der Waals surface area (Å²) >= 11 is 0. The second-order valence-corrected chi connectivity index (χ2v) is 10.6. The standard InChI is InChI=1S/C40H21N5/c1-44-36-15-6-12-31(25-43)39(36)28-18-21-37-35(22-28)33-13-7-14-34(38-29(23-41)10-5-11-30(38)24-42)40(33)45(37)32-19-16-27(17-20-32)26-8-3-2-4-9-26/h2-22H. The predicted octanol–water partition coefficient (Wildman–Crippen LogP) is 9.95. The van der Waals surface area contributed by atoms with E-state index in [-0.39, 0.29) is 0 Å². The van der Waals surface area contributed by atoms with Gasteiger partial charge in [0, 0.05) is 38.7 Å². The first-order chi connectivity index (χ1) is 22.2. The Morgan fingerprint density at radius 1 is 0.533 bits per heavy atom. The normalized spacial score (nSPS) is 10.6. The largest absolute Gasteiger partial charge is 0.309 e. The number of nitrogens with zero attached hydrogens (tertiary/aromatic N) is 5. The molecule has 1 aromatic heterocycles. The van der Waals surface area contributed by atoms with E-state index in [2.05, 4.69) is 64.0 Å². The number of para-hydroxylation sites is 1. The van der Waals surface area contributed by atoms with E-state index >= 15 is 0 Å². The minimum absolute atomic E-state index is 0.413. The van der Waals surface area contributed by atoms with Gasteiger partial charge < -0.3 is 4.57 Å². The van der Waals surface area contributed by atoms with Crippen molar-refractivity contribution in [2.24, 2.45) is 0 Å². The first kappa shape index (κ1) is 26.9. The summed E-state index contributed by atoms with van der Waals surface area (Å²) in [7, 11) is 0. The summed E-state index contributed by atoms with van der Waals surface area (Å²) in [5.74, 6) is 0. The van der Waals surface area contributed by atoms with Crippen LogP contribution in [0, 0.1) is 40.6 Å². The minimum atomic E-state index is 0.413. The van der Waals surface area contributed by atoms with Crippen LogP contribution in [0.5, 0.6) is 0 Å². The average molecular weight is 572 g/mol. The molecule has 45 heavy (non-hydrogen) atoms. The van der Waals surface area contributed by atoms with Crippen LogP contribution in [0.3, 0.4) is 0 Å². The van der Waals surface area contributed by atoms with Gasteiger partial charge in [0.1, 0.15) is 0 Å². The summed E-state index contributed by atoms with van der Waals surface area (Å²) in [6.45, 7) is 7.75. The van der Waals surface area contributed by atoms with E-state index in [9.17, 15) is 15.8 Å². The van der Waals surface area contributed by atoms with Crippen molar-refractivity contribution in [3.05, 3.63) is 156 Å². The van der Waals surface area contributed by atoms with Crippen molar-refractivity contribution in [1.82, 2.24) is 4.57 Å². The van der Waals surface area contributed by atoms with Crippen molar-refractivity contribution in [2.75, 3.05) is 0 Å². The number of aromatic nitrogens is 1. The van der Waals surface area contributed by atoms with Crippen LogP contribution in [-0.2, 0) is 0 Å². The van der Waals surface area contributed by atoms with E-state index in [1.165, 1.54) is 0 Å². The van der Waals surface area contributed by atoms with Gasteiger partial charge in [0.2, 0.25) is 0 Å². The molecular formula is C40H21N5. The Kier molecular flexibility index (Phi) is 6.62. The zero-order valence-corrected chi connectivity index (χ0v) is 23.9. The monoisotopic (exact) mass is 571 g/mol. The molecule has 0 aliphatic carbocycles. The molecule has 0 saturated carbocycles. The number of rotatable bonds is 4. The van der Waals surface area contributed by atoms with Crippen LogP contribution in [-0.4, -0.2) is 4.57 Å². The Hall–Kier alpha value is -6.92. The molecule has 7 rings (SSSR count). The third-order valence-electron chi connectivity index (χ3n) is 8.17. The molecule has 0 radical (unpaired) electrons. The van der Waals surface area contributed by atoms with Gasteiger partial charge in [-0.15, -0.1) is 0 Å². The number of hydrogen-bond donors (Lipinski definition) is 0. The van der Waals surface area contributed by atoms with Gasteiger partial charge >= 0.3 is 0 Å². The average Bonchev–Trinajstić information content (AvgIpc) is 3.45. The molecule has 5 heteroatoms.